The molecular formula is C6H16N2Si. The predicted molar refractivity (Wildman–Crippen MR) is 45.0 cm³/mol. The zero-order chi connectivity index (χ0) is 7.11. The van der Waals surface area contributed by atoms with Gasteiger partial charge in [0, 0.05) is 14.1 Å². The van der Waals surface area contributed by atoms with Gasteiger partial charge >= 0.3 is 0 Å². The van der Waals surface area contributed by atoms with Gasteiger partial charge in [-0.15, -0.1) is 0 Å². The average Bonchev–Trinajstić information content (AvgIpc) is 1.80. The van der Waals surface area contributed by atoms with E-state index in [0.717, 1.165) is 6.54 Å². The van der Waals surface area contributed by atoms with Gasteiger partial charge in [0.1, 0.15) is 9.68 Å². The van der Waals surface area contributed by atoms with Crippen molar-refractivity contribution in [2.45, 2.75) is 6.92 Å². The molecule has 0 atom stereocenters. The molecule has 0 aromatic carbocycles. The summed E-state index contributed by atoms with van der Waals surface area (Å²) in [6.07, 6.45) is 2.11. The van der Waals surface area contributed by atoms with E-state index in [2.05, 4.69) is 28.7 Å². The first-order valence-electron chi connectivity index (χ1n) is 3.31. The zero-order valence-electron chi connectivity index (χ0n) is 6.52. The monoisotopic (exact) mass is 144 g/mol. The minimum Gasteiger partial charge on any atom is -0.384 e. The van der Waals surface area contributed by atoms with E-state index in [1.807, 2.05) is 14.1 Å². The first-order chi connectivity index (χ1) is 4.27. The number of nitrogens with zero attached hydrogens (tertiary/aromatic N) is 1. The Labute approximate surface area is 59.8 Å². The average molecular weight is 144 g/mol. The maximum atomic E-state index is 3.33. The molecule has 0 heterocycles. The van der Waals surface area contributed by atoms with Crippen molar-refractivity contribution >= 4 is 9.68 Å². The van der Waals surface area contributed by atoms with Crippen molar-refractivity contribution in [3.63, 3.8) is 0 Å². The van der Waals surface area contributed by atoms with Gasteiger partial charge in [-0.2, -0.15) is 0 Å². The first kappa shape index (κ1) is 8.72. The third-order valence-corrected chi connectivity index (χ3v) is 2.15. The van der Waals surface area contributed by atoms with Crippen LogP contribution in [0, 0.1) is 0 Å². The second-order valence-electron chi connectivity index (χ2n) is 2.16. The molecule has 0 aromatic heterocycles. The fourth-order valence-corrected chi connectivity index (χ4v) is 1.47. The topological polar surface area (TPSA) is 15.3 Å². The molecule has 0 unspecified atom stereocenters. The Morgan fingerprint density at radius 1 is 1.56 bits per heavy atom. The molecule has 0 saturated carbocycles. The number of nitrogens with one attached hydrogen (secondary N) is 1. The zero-order valence-corrected chi connectivity index (χ0v) is 7.93. The summed E-state index contributed by atoms with van der Waals surface area (Å²) in [6.45, 7) is 3.24. The van der Waals surface area contributed by atoms with Gasteiger partial charge in [0.2, 0.25) is 0 Å². The fourth-order valence-electron chi connectivity index (χ4n) is 0.491. The van der Waals surface area contributed by atoms with Crippen LogP contribution in [0.5, 0.6) is 0 Å². The van der Waals surface area contributed by atoms with E-state index in [9.17, 15) is 0 Å². The molecule has 3 heteroatoms. The van der Waals surface area contributed by atoms with E-state index in [1.54, 1.807) is 0 Å². The molecule has 9 heavy (non-hydrogen) atoms. The molecule has 1 N–H and O–H groups in total. The van der Waals surface area contributed by atoms with E-state index in [-0.39, 0.29) is 9.68 Å². The highest BCUT2D eigenvalue weighted by Gasteiger charge is 1.76. The van der Waals surface area contributed by atoms with Crippen molar-refractivity contribution in [2.75, 3.05) is 20.6 Å². The van der Waals surface area contributed by atoms with Gasteiger partial charge in [0.15, 0.2) is 0 Å². The number of hydrogen-bond donors (Lipinski definition) is 1. The second kappa shape index (κ2) is 5.85. The molecule has 0 aliphatic heterocycles. The summed E-state index contributed by atoms with van der Waals surface area (Å²) < 4.78 is 0. The minimum atomic E-state index is -0.104. The molecule has 0 fully saturated rings. The van der Waals surface area contributed by atoms with E-state index < -0.39 is 0 Å². The second-order valence-corrected chi connectivity index (χ2v) is 3.54. The molecule has 0 saturated heterocycles. The molecule has 0 aliphatic carbocycles. The molecule has 2 nitrogen and oxygen atoms in total. The van der Waals surface area contributed by atoms with Crippen LogP contribution < -0.4 is 4.98 Å². The van der Waals surface area contributed by atoms with Gasteiger partial charge in [-0.05, 0) is 12.7 Å². The van der Waals surface area contributed by atoms with Gasteiger partial charge in [-0.25, -0.2) is 0 Å². The lowest BCUT2D eigenvalue weighted by Crippen LogP contribution is -2.16. The quantitative estimate of drug-likeness (QED) is 0.431. The maximum absolute atomic E-state index is 3.33. The molecule has 0 rings (SSSR count). The molecule has 0 bridgehead atoms. The Morgan fingerprint density at radius 3 is 2.67 bits per heavy atom. The molecule has 0 aromatic rings. The third kappa shape index (κ3) is 7.72. The highest BCUT2D eigenvalue weighted by Crippen LogP contribution is 1.72. The summed E-state index contributed by atoms with van der Waals surface area (Å²) in [5.41, 5.74) is 2.24. The Hall–Kier alpha value is -0.283. The number of rotatable bonds is 4. The van der Waals surface area contributed by atoms with Crippen molar-refractivity contribution in [3.05, 3.63) is 11.9 Å². The molecule has 0 amide bonds. The van der Waals surface area contributed by atoms with Gasteiger partial charge in [-0.3, -0.25) is 0 Å². The summed E-state index contributed by atoms with van der Waals surface area (Å²) >= 11 is 0. The summed E-state index contributed by atoms with van der Waals surface area (Å²) in [6, 6.07) is 0. The SMILES string of the molecule is CCN[SiH2]C=CN(C)C. The van der Waals surface area contributed by atoms with Crippen molar-refractivity contribution in [1.82, 2.24) is 9.88 Å². The highest BCUT2D eigenvalue weighted by molar-refractivity contribution is 6.38. The minimum absolute atomic E-state index is 0.104. The largest absolute Gasteiger partial charge is 0.384 e. The Balaban J connectivity index is 3.04. The van der Waals surface area contributed by atoms with Gasteiger partial charge in [-0.1, -0.05) is 12.6 Å². The molecule has 0 spiro atoms. The summed E-state index contributed by atoms with van der Waals surface area (Å²) in [5.74, 6) is 0. The maximum Gasteiger partial charge on any atom is 0.118 e. The molecule has 0 radical (unpaired) electrons. The van der Waals surface area contributed by atoms with E-state index in [1.165, 1.54) is 0 Å². The standard InChI is InChI=1S/C6H16N2Si/c1-4-7-9-6-5-8(2)3/h5-7H,4,9H2,1-3H3. The van der Waals surface area contributed by atoms with Crippen molar-refractivity contribution in [1.29, 1.82) is 0 Å². The molecule has 0 aliphatic rings. The summed E-state index contributed by atoms with van der Waals surface area (Å²) in [5, 5.41) is 0. The third-order valence-electron chi connectivity index (χ3n) is 0.916. The smallest absolute Gasteiger partial charge is 0.118 e. The lowest BCUT2D eigenvalue weighted by atomic mass is 10.8. The van der Waals surface area contributed by atoms with E-state index >= 15 is 0 Å². The number of hydrogen-bond acceptors (Lipinski definition) is 2. The summed E-state index contributed by atoms with van der Waals surface area (Å²) in [7, 11) is 3.97. The van der Waals surface area contributed by atoms with Gasteiger partial charge < -0.3 is 9.88 Å². The fraction of sp³-hybridized carbons (Fsp3) is 0.667. The van der Waals surface area contributed by atoms with Crippen LogP contribution in [0.3, 0.4) is 0 Å². The predicted octanol–water partition coefficient (Wildman–Crippen LogP) is -0.288. The van der Waals surface area contributed by atoms with Crippen LogP contribution in [0.4, 0.5) is 0 Å². The summed E-state index contributed by atoms with van der Waals surface area (Å²) in [4.78, 5) is 5.39. The van der Waals surface area contributed by atoms with Crippen LogP contribution in [-0.2, 0) is 0 Å². The van der Waals surface area contributed by atoms with Crippen LogP contribution in [0.2, 0.25) is 0 Å². The van der Waals surface area contributed by atoms with Crippen LogP contribution in [-0.4, -0.2) is 35.2 Å². The first-order valence-corrected chi connectivity index (χ1v) is 4.83. The van der Waals surface area contributed by atoms with Gasteiger partial charge in [0.25, 0.3) is 0 Å². The van der Waals surface area contributed by atoms with Crippen LogP contribution in [0.15, 0.2) is 11.9 Å². The van der Waals surface area contributed by atoms with Crippen LogP contribution in [0.25, 0.3) is 0 Å². The van der Waals surface area contributed by atoms with Crippen molar-refractivity contribution in [3.8, 4) is 0 Å². The molecular weight excluding hydrogens is 128 g/mol. The Bertz CT molecular complexity index is 81.1. The van der Waals surface area contributed by atoms with E-state index in [4.69, 9.17) is 0 Å². The Morgan fingerprint density at radius 2 is 2.22 bits per heavy atom. The molecule has 54 valence electrons. The Kier molecular flexibility index (Phi) is 5.66. The van der Waals surface area contributed by atoms with Gasteiger partial charge in [0.05, 0.1) is 0 Å². The normalized spacial score (nSPS) is 11.9. The van der Waals surface area contributed by atoms with Crippen molar-refractivity contribution < 1.29 is 0 Å². The van der Waals surface area contributed by atoms with Crippen LogP contribution in [0.1, 0.15) is 6.92 Å². The lowest BCUT2D eigenvalue weighted by Gasteiger charge is -2.02. The van der Waals surface area contributed by atoms with Crippen molar-refractivity contribution in [2.24, 2.45) is 0 Å². The lowest BCUT2D eigenvalue weighted by molar-refractivity contribution is 0.564. The highest BCUT2D eigenvalue weighted by atomic mass is 28.2. The van der Waals surface area contributed by atoms with E-state index in [0.29, 0.717) is 0 Å². The van der Waals surface area contributed by atoms with Crippen LogP contribution >= 0.6 is 0 Å².